The molecule has 0 amide bonds. The Kier molecular flexibility index (Phi) is 7.07. The predicted octanol–water partition coefficient (Wildman–Crippen LogP) is 4.57. The largest absolute Gasteiger partial charge is 0.496 e. The zero-order chi connectivity index (χ0) is 25.8. The number of nitro groups is 1. The van der Waals surface area contributed by atoms with Crippen molar-refractivity contribution in [2.24, 2.45) is 5.73 Å². The lowest BCUT2D eigenvalue weighted by atomic mass is 9.83. The summed E-state index contributed by atoms with van der Waals surface area (Å²) in [4.78, 5) is 22.5. The van der Waals surface area contributed by atoms with Gasteiger partial charge in [0, 0.05) is 33.8 Å². The number of rotatable bonds is 7. The van der Waals surface area contributed by atoms with Crippen LogP contribution in [0.25, 0.3) is 0 Å². The number of carbonyl (C=O) groups excluding carboxylic acids is 1. The van der Waals surface area contributed by atoms with Crippen LogP contribution >= 0.6 is 15.9 Å². The highest BCUT2D eigenvalue weighted by molar-refractivity contribution is 9.10. The number of hydrogen-bond donors (Lipinski definition) is 1. The number of methoxy groups -OCH3 is 1. The maximum absolute atomic E-state index is 12.3. The molecule has 2 N–H and O–H groups in total. The maximum atomic E-state index is 12.3. The SMILES string of the molecule is COc1ccc(Br)cc1C1C(C#N)=C(N)Oc2cc(OC(=O)COc3ccc([N+](=O)[O-])cc3)ccc21. The van der Waals surface area contributed by atoms with Crippen molar-refractivity contribution in [1.82, 2.24) is 0 Å². The summed E-state index contributed by atoms with van der Waals surface area (Å²) in [6.07, 6.45) is 0. The van der Waals surface area contributed by atoms with Gasteiger partial charge in [0.15, 0.2) is 6.61 Å². The van der Waals surface area contributed by atoms with Gasteiger partial charge in [-0.3, -0.25) is 10.1 Å². The molecule has 0 fully saturated rings. The van der Waals surface area contributed by atoms with Crippen LogP contribution in [0, 0.1) is 21.4 Å². The first-order chi connectivity index (χ1) is 17.3. The van der Waals surface area contributed by atoms with E-state index in [4.69, 9.17) is 24.7 Å². The van der Waals surface area contributed by atoms with E-state index in [9.17, 15) is 20.2 Å². The van der Waals surface area contributed by atoms with Crippen molar-refractivity contribution in [1.29, 1.82) is 5.26 Å². The van der Waals surface area contributed by atoms with Crippen LogP contribution in [-0.2, 0) is 4.79 Å². The number of carbonyl (C=O) groups is 1. The third-order valence-electron chi connectivity index (χ3n) is 5.33. The van der Waals surface area contributed by atoms with Gasteiger partial charge in [0.05, 0.1) is 18.0 Å². The zero-order valence-corrected chi connectivity index (χ0v) is 20.4. The van der Waals surface area contributed by atoms with E-state index in [1.807, 2.05) is 12.1 Å². The lowest BCUT2D eigenvalue weighted by Gasteiger charge is -2.27. The number of nitrogens with zero attached hydrogens (tertiary/aromatic N) is 2. The second-order valence-corrected chi connectivity index (χ2v) is 8.44. The molecule has 1 atom stereocenters. The number of non-ortho nitro benzene ring substituents is 1. The number of benzene rings is 3. The number of hydrogen-bond acceptors (Lipinski definition) is 9. The molecule has 1 aliphatic rings. The monoisotopic (exact) mass is 551 g/mol. The van der Waals surface area contributed by atoms with Gasteiger partial charge in [0.2, 0.25) is 5.88 Å². The highest BCUT2D eigenvalue weighted by Gasteiger charge is 2.33. The molecule has 11 heteroatoms. The Labute approximate surface area is 213 Å². The van der Waals surface area contributed by atoms with E-state index in [0.717, 1.165) is 4.47 Å². The molecule has 4 rings (SSSR count). The molecule has 182 valence electrons. The molecular weight excluding hydrogens is 534 g/mol. The van der Waals surface area contributed by atoms with Crippen LogP contribution in [0.15, 0.2) is 76.6 Å². The average Bonchev–Trinajstić information content (AvgIpc) is 2.86. The number of halogens is 1. The number of nitriles is 1. The van der Waals surface area contributed by atoms with Crippen LogP contribution in [0.4, 0.5) is 5.69 Å². The molecular formula is C25H18BrN3O7. The quantitative estimate of drug-likeness (QED) is 0.193. The van der Waals surface area contributed by atoms with Gasteiger partial charge in [0.25, 0.3) is 5.69 Å². The summed E-state index contributed by atoms with van der Waals surface area (Å²) in [6.45, 7) is -0.422. The summed E-state index contributed by atoms with van der Waals surface area (Å²) in [7, 11) is 1.54. The predicted molar refractivity (Wildman–Crippen MR) is 131 cm³/mol. The van der Waals surface area contributed by atoms with Crippen LogP contribution in [0.3, 0.4) is 0 Å². The minimum atomic E-state index is -0.699. The first-order valence-corrected chi connectivity index (χ1v) is 11.2. The normalized spacial score (nSPS) is 14.2. The summed E-state index contributed by atoms with van der Waals surface area (Å²) >= 11 is 3.45. The van der Waals surface area contributed by atoms with E-state index in [1.54, 1.807) is 18.2 Å². The van der Waals surface area contributed by atoms with Gasteiger partial charge >= 0.3 is 5.97 Å². The number of nitro benzene ring substituents is 1. The van der Waals surface area contributed by atoms with E-state index in [0.29, 0.717) is 22.6 Å². The molecule has 0 spiro atoms. The highest BCUT2D eigenvalue weighted by Crippen LogP contribution is 2.46. The molecule has 3 aromatic carbocycles. The molecule has 1 aliphatic heterocycles. The van der Waals surface area contributed by atoms with Gasteiger partial charge in [-0.25, -0.2) is 4.79 Å². The number of fused-ring (bicyclic) bond motifs is 1. The fourth-order valence-corrected chi connectivity index (χ4v) is 4.10. The van der Waals surface area contributed by atoms with Crippen molar-refractivity contribution in [2.75, 3.05) is 13.7 Å². The fourth-order valence-electron chi connectivity index (χ4n) is 3.72. The Hall–Kier alpha value is -4.56. The van der Waals surface area contributed by atoms with Gasteiger partial charge < -0.3 is 24.7 Å². The average molecular weight is 552 g/mol. The lowest BCUT2D eigenvalue weighted by molar-refractivity contribution is -0.384. The van der Waals surface area contributed by atoms with Crippen molar-refractivity contribution in [3.63, 3.8) is 0 Å². The number of esters is 1. The molecule has 0 aromatic heterocycles. The molecule has 1 heterocycles. The molecule has 10 nitrogen and oxygen atoms in total. The van der Waals surface area contributed by atoms with Gasteiger partial charge in [-0.1, -0.05) is 22.0 Å². The van der Waals surface area contributed by atoms with Crippen molar-refractivity contribution in [2.45, 2.75) is 5.92 Å². The molecule has 0 aliphatic carbocycles. The van der Waals surface area contributed by atoms with Crippen LogP contribution < -0.4 is 24.7 Å². The van der Waals surface area contributed by atoms with Crippen LogP contribution in [0.5, 0.6) is 23.0 Å². The lowest BCUT2D eigenvalue weighted by Crippen LogP contribution is -2.22. The van der Waals surface area contributed by atoms with Crippen LogP contribution in [0.1, 0.15) is 17.0 Å². The van der Waals surface area contributed by atoms with Crippen molar-refractivity contribution in [3.05, 3.63) is 97.8 Å². The Bertz CT molecular complexity index is 1410. The Morgan fingerprint density at radius 2 is 1.86 bits per heavy atom. The molecule has 0 saturated heterocycles. The Balaban J connectivity index is 1.55. The molecule has 0 radical (unpaired) electrons. The Morgan fingerprint density at radius 1 is 1.14 bits per heavy atom. The minimum absolute atomic E-state index is 0.0676. The number of ether oxygens (including phenoxy) is 4. The van der Waals surface area contributed by atoms with Gasteiger partial charge in [-0.05, 0) is 36.4 Å². The van der Waals surface area contributed by atoms with Crippen LogP contribution in [-0.4, -0.2) is 24.6 Å². The molecule has 1 unspecified atom stereocenters. The summed E-state index contributed by atoms with van der Waals surface area (Å²) < 4.78 is 22.7. The summed E-state index contributed by atoms with van der Waals surface area (Å²) in [5, 5.41) is 20.5. The third-order valence-corrected chi connectivity index (χ3v) is 5.82. The summed E-state index contributed by atoms with van der Waals surface area (Å²) in [6, 6.07) is 17.6. The second kappa shape index (κ2) is 10.4. The Morgan fingerprint density at radius 3 is 2.53 bits per heavy atom. The third kappa shape index (κ3) is 5.08. The van der Waals surface area contributed by atoms with E-state index in [1.165, 1.54) is 37.4 Å². The highest BCUT2D eigenvalue weighted by atomic mass is 79.9. The van der Waals surface area contributed by atoms with Crippen molar-refractivity contribution in [3.8, 4) is 29.1 Å². The first-order valence-electron chi connectivity index (χ1n) is 10.4. The van der Waals surface area contributed by atoms with Crippen molar-refractivity contribution >= 4 is 27.6 Å². The number of nitrogens with two attached hydrogens (primary N) is 1. The molecule has 0 bridgehead atoms. The zero-order valence-electron chi connectivity index (χ0n) is 18.8. The molecule has 36 heavy (non-hydrogen) atoms. The van der Waals surface area contributed by atoms with E-state index < -0.39 is 23.4 Å². The number of allylic oxidation sites excluding steroid dienone is 1. The first kappa shape index (κ1) is 24.6. The fraction of sp³-hybridized carbons (Fsp3) is 0.120. The molecule has 0 saturated carbocycles. The minimum Gasteiger partial charge on any atom is -0.496 e. The standard InChI is InChI=1S/C25H18BrN3O7/c1-33-21-9-2-14(26)10-19(21)24-18-8-7-17(11-22(18)36-25(28)20(24)12-27)35-23(30)13-34-16-5-3-15(4-6-16)29(31)32/h2-11,24H,13,28H2,1H3. The second-order valence-electron chi connectivity index (χ2n) is 7.52. The van der Waals surface area contributed by atoms with Gasteiger partial charge in [-0.2, -0.15) is 5.26 Å². The summed E-state index contributed by atoms with van der Waals surface area (Å²) in [5.74, 6) is 0.00730. The topological polar surface area (TPSA) is 147 Å². The smallest absolute Gasteiger partial charge is 0.349 e. The summed E-state index contributed by atoms with van der Waals surface area (Å²) in [5.41, 5.74) is 7.54. The van der Waals surface area contributed by atoms with Crippen LogP contribution in [0.2, 0.25) is 0 Å². The van der Waals surface area contributed by atoms with Crippen molar-refractivity contribution < 1.29 is 28.7 Å². The molecule has 3 aromatic rings. The van der Waals surface area contributed by atoms with E-state index in [2.05, 4.69) is 22.0 Å². The van der Waals surface area contributed by atoms with Gasteiger partial charge in [0.1, 0.15) is 34.6 Å². The van der Waals surface area contributed by atoms with E-state index >= 15 is 0 Å². The van der Waals surface area contributed by atoms with E-state index in [-0.39, 0.29) is 28.6 Å². The van der Waals surface area contributed by atoms with Gasteiger partial charge in [-0.15, -0.1) is 0 Å². The maximum Gasteiger partial charge on any atom is 0.349 e.